The van der Waals surface area contributed by atoms with Crippen molar-refractivity contribution in [2.24, 2.45) is 17.8 Å². The number of methoxy groups -OCH3 is 4. The SMILES string of the molecule is COc1cc(/C=C/C(=O)O[C@@H]2C[C@@H]3CN4CCc5c(n(C(C)C)c6cc(CO)ccc56)[C@H]4C[C@@H]3[C@H](C(=O)CO)[C@H]2OC)cc(OC)c1OC. The topological polar surface area (TPSA) is 129 Å². The Kier molecular flexibility index (Phi) is 10.4. The minimum atomic E-state index is -0.697. The third-order valence-corrected chi connectivity index (χ3v) is 10.8. The summed E-state index contributed by atoms with van der Waals surface area (Å²) in [5, 5.41) is 21.3. The van der Waals surface area contributed by atoms with Gasteiger partial charge in [-0.05, 0) is 85.9 Å². The molecule has 0 unspecified atom stereocenters. The van der Waals surface area contributed by atoms with E-state index < -0.39 is 30.7 Å². The van der Waals surface area contributed by atoms with Gasteiger partial charge in [-0.1, -0.05) is 12.1 Å². The number of hydrogen-bond donors (Lipinski definition) is 2. The summed E-state index contributed by atoms with van der Waals surface area (Å²) in [5.41, 5.74) is 5.28. The van der Waals surface area contributed by atoms with Crippen molar-refractivity contribution < 1.29 is 43.5 Å². The van der Waals surface area contributed by atoms with E-state index in [9.17, 15) is 19.8 Å². The molecular weight excluding hydrogens is 628 g/mol. The predicted molar refractivity (Wildman–Crippen MR) is 184 cm³/mol. The fraction of sp³-hybridized carbons (Fsp3) is 0.526. The van der Waals surface area contributed by atoms with E-state index in [1.165, 1.54) is 44.0 Å². The Labute approximate surface area is 287 Å². The molecule has 0 amide bonds. The molecule has 1 aliphatic carbocycles. The van der Waals surface area contributed by atoms with Gasteiger partial charge in [-0.2, -0.15) is 0 Å². The largest absolute Gasteiger partial charge is 0.493 e. The molecule has 6 rings (SSSR count). The van der Waals surface area contributed by atoms with Crippen LogP contribution in [-0.4, -0.2) is 91.8 Å². The van der Waals surface area contributed by atoms with Crippen molar-refractivity contribution in [1.82, 2.24) is 9.47 Å². The number of aliphatic hydroxyl groups is 2. The van der Waals surface area contributed by atoms with Gasteiger partial charge in [-0.15, -0.1) is 0 Å². The van der Waals surface area contributed by atoms with Crippen LogP contribution < -0.4 is 14.2 Å². The maximum atomic E-state index is 13.5. The van der Waals surface area contributed by atoms with Gasteiger partial charge in [0, 0.05) is 48.9 Å². The number of aromatic nitrogens is 1. The summed E-state index contributed by atoms with van der Waals surface area (Å²) in [4.78, 5) is 29.3. The number of carbonyl (C=O) groups is 2. The van der Waals surface area contributed by atoms with Gasteiger partial charge in [0.1, 0.15) is 18.8 Å². The number of aliphatic hydroxyl groups excluding tert-OH is 2. The van der Waals surface area contributed by atoms with Gasteiger partial charge >= 0.3 is 5.97 Å². The quantitative estimate of drug-likeness (QED) is 0.221. The fourth-order valence-corrected chi connectivity index (χ4v) is 8.76. The zero-order chi connectivity index (χ0) is 35.0. The van der Waals surface area contributed by atoms with Crippen LogP contribution in [0.25, 0.3) is 17.0 Å². The van der Waals surface area contributed by atoms with Crippen LogP contribution in [0.15, 0.2) is 36.4 Å². The molecule has 1 aromatic heterocycles. The Bertz CT molecular complexity index is 1700. The first kappa shape index (κ1) is 34.9. The zero-order valence-electron chi connectivity index (χ0n) is 29.2. The molecule has 3 aliphatic rings. The monoisotopic (exact) mass is 676 g/mol. The molecule has 2 aliphatic heterocycles. The molecule has 6 atom stereocenters. The smallest absolute Gasteiger partial charge is 0.331 e. The Balaban J connectivity index is 1.28. The van der Waals surface area contributed by atoms with Crippen molar-refractivity contribution in [2.45, 2.75) is 64.0 Å². The number of nitrogens with zero attached hydrogens (tertiary/aromatic N) is 2. The van der Waals surface area contributed by atoms with Crippen molar-refractivity contribution in [1.29, 1.82) is 0 Å². The Morgan fingerprint density at radius 2 is 1.73 bits per heavy atom. The van der Waals surface area contributed by atoms with Crippen molar-refractivity contribution >= 4 is 28.7 Å². The number of hydrogen-bond acceptors (Lipinski definition) is 10. The van der Waals surface area contributed by atoms with E-state index in [0.717, 1.165) is 37.0 Å². The van der Waals surface area contributed by atoms with Gasteiger partial charge in [0.05, 0.1) is 39.9 Å². The van der Waals surface area contributed by atoms with Crippen LogP contribution in [0, 0.1) is 17.8 Å². The Hall–Kier alpha value is -3.90. The van der Waals surface area contributed by atoms with Gasteiger partial charge in [-0.3, -0.25) is 9.69 Å². The molecule has 2 N–H and O–H groups in total. The fourth-order valence-electron chi connectivity index (χ4n) is 8.76. The van der Waals surface area contributed by atoms with E-state index in [4.69, 9.17) is 23.7 Å². The average Bonchev–Trinajstić information content (AvgIpc) is 3.46. The number of fused-ring (bicyclic) bond motifs is 6. The molecule has 3 aromatic rings. The minimum Gasteiger partial charge on any atom is -0.493 e. The number of ether oxygens (including phenoxy) is 5. The van der Waals surface area contributed by atoms with Crippen LogP contribution in [0.3, 0.4) is 0 Å². The number of Topliss-reactive ketones (excluding diaryl/α,β-unsaturated/α-hetero) is 1. The van der Waals surface area contributed by atoms with Crippen molar-refractivity contribution in [2.75, 3.05) is 48.1 Å². The summed E-state index contributed by atoms with van der Waals surface area (Å²) < 4.78 is 30.7. The number of rotatable bonds is 11. The van der Waals surface area contributed by atoms with Gasteiger partial charge < -0.3 is 38.5 Å². The molecule has 3 heterocycles. The van der Waals surface area contributed by atoms with E-state index in [-0.39, 0.29) is 36.3 Å². The average molecular weight is 677 g/mol. The highest BCUT2D eigenvalue weighted by atomic mass is 16.6. The number of piperidine rings is 1. The van der Waals surface area contributed by atoms with E-state index in [1.54, 1.807) is 25.3 Å². The highest BCUT2D eigenvalue weighted by molar-refractivity contribution is 5.88. The van der Waals surface area contributed by atoms with E-state index in [0.29, 0.717) is 29.2 Å². The molecule has 49 heavy (non-hydrogen) atoms. The van der Waals surface area contributed by atoms with Crippen molar-refractivity contribution in [3.05, 3.63) is 58.8 Å². The first-order valence-corrected chi connectivity index (χ1v) is 17.0. The number of esters is 1. The van der Waals surface area contributed by atoms with E-state index in [2.05, 4.69) is 35.4 Å². The lowest BCUT2D eigenvalue weighted by Crippen LogP contribution is -2.58. The number of benzene rings is 2. The predicted octanol–water partition coefficient (Wildman–Crippen LogP) is 4.50. The third-order valence-electron chi connectivity index (χ3n) is 10.8. The van der Waals surface area contributed by atoms with Crippen LogP contribution >= 0.6 is 0 Å². The second-order valence-electron chi connectivity index (χ2n) is 13.6. The molecule has 11 heteroatoms. The standard InChI is InChI=1S/C38H48N2O9/c1-21(2)40-28-13-23(19-41)7-9-25(28)26-11-12-39-18-24-16-33(38(48-6)35(30(43)20-42)27(24)17-29(39)36(26)40)49-34(44)10-8-22-14-31(45-3)37(47-5)32(15-22)46-4/h7-10,13-15,21,24,27,29,33,35,38,41-42H,11-12,16-20H2,1-6H3/b10-8+/t24-,27+,29-,33-,35-,38+/m1/s1. The molecule has 264 valence electrons. The second-order valence-corrected chi connectivity index (χ2v) is 13.6. The third kappa shape index (κ3) is 6.33. The van der Waals surface area contributed by atoms with E-state index in [1.807, 2.05) is 6.07 Å². The summed E-state index contributed by atoms with van der Waals surface area (Å²) in [7, 11) is 6.12. The summed E-state index contributed by atoms with van der Waals surface area (Å²) in [6, 6.07) is 9.98. The molecule has 1 saturated heterocycles. The zero-order valence-corrected chi connectivity index (χ0v) is 29.2. The first-order valence-electron chi connectivity index (χ1n) is 17.0. The van der Waals surface area contributed by atoms with Crippen LogP contribution in [0.4, 0.5) is 0 Å². The number of carbonyl (C=O) groups excluding carboxylic acids is 2. The van der Waals surface area contributed by atoms with Crippen LogP contribution in [0.5, 0.6) is 17.2 Å². The summed E-state index contributed by atoms with van der Waals surface area (Å²) in [6.07, 6.45) is 3.78. The number of ketones is 1. The Morgan fingerprint density at radius 3 is 2.35 bits per heavy atom. The molecule has 0 bridgehead atoms. The minimum absolute atomic E-state index is 0.0148. The first-order chi connectivity index (χ1) is 23.7. The second kappa shape index (κ2) is 14.5. The van der Waals surface area contributed by atoms with Crippen molar-refractivity contribution in [3.8, 4) is 17.2 Å². The van der Waals surface area contributed by atoms with Gasteiger partial charge in [0.2, 0.25) is 5.75 Å². The van der Waals surface area contributed by atoms with Crippen LogP contribution in [0.2, 0.25) is 0 Å². The normalized spacial score (nSPS) is 25.2. The maximum Gasteiger partial charge on any atom is 0.331 e. The molecular formula is C38H48N2O9. The van der Waals surface area contributed by atoms with Gasteiger partial charge in [0.15, 0.2) is 17.3 Å². The Morgan fingerprint density at radius 1 is 1.00 bits per heavy atom. The van der Waals surface area contributed by atoms with Crippen LogP contribution in [0.1, 0.15) is 61.2 Å². The highest BCUT2D eigenvalue weighted by Gasteiger charge is 2.54. The lowest BCUT2D eigenvalue weighted by atomic mass is 9.62. The molecule has 0 spiro atoms. The molecule has 2 aromatic carbocycles. The lowest BCUT2D eigenvalue weighted by molar-refractivity contribution is -0.177. The summed E-state index contributed by atoms with van der Waals surface area (Å²) in [6.45, 7) is 5.38. The van der Waals surface area contributed by atoms with Crippen molar-refractivity contribution in [3.63, 3.8) is 0 Å². The molecule has 11 nitrogen and oxygen atoms in total. The highest BCUT2D eigenvalue weighted by Crippen LogP contribution is 2.51. The molecule has 0 radical (unpaired) electrons. The molecule has 2 fully saturated rings. The molecule has 1 saturated carbocycles. The summed E-state index contributed by atoms with van der Waals surface area (Å²) >= 11 is 0. The van der Waals surface area contributed by atoms with Gasteiger partial charge in [-0.25, -0.2) is 4.79 Å². The summed E-state index contributed by atoms with van der Waals surface area (Å²) in [5.74, 6) is -0.107. The van der Waals surface area contributed by atoms with Gasteiger partial charge in [0.25, 0.3) is 0 Å². The maximum absolute atomic E-state index is 13.5. The lowest BCUT2D eigenvalue weighted by Gasteiger charge is -2.53. The van der Waals surface area contributed by atoms with E-state index >= 15 is 0 Å². The van der Waals surface area contributed by atoms with Crippen LogP contribution in [-0.2, 0) is 32.1 Å².